The highest BCUT2D eigenvalue weighted by molar-refractivity contribution is 9.10. The fraction of sp³-hybridized carbons (Fsp3) is 0.176. The van der Waals surface area contributed by atoms with E-state index in [1.54, 1.807) is 42.5 Å². The van der Waals surface area contributed by atoms with Crippen molar-refractivity contribution in [2.45, 2.75) is 6.92 Å². The number of hydrogen-bond donors (Lipinski definition) is 0. The molecule has 0 aromatic heterocycles. The number of carbonyl (C=O) groups excluding carboxylic acids is 2. The number of para-hydroxylation sites is 1. The van der Waals surface area contributed by atoms with Crippen LogP contribution >= 0.6 is 15.9 Å². The Morgan fingerprint density at radius 3 is 2.59 bits per heavy atom. The molecule has 0 saturated carbocycles. The summed E-state index contributed by atoms with van der Waals surface area (Å²) in [5.41, 5.74) is 0.798. The molecule has 0 fully saturated rings. The van der Waals surface area contributed by atoms with Gasteiger partial charge in [0, 0.05) is 10.0 Å². The third-order valence-electron chi connectivity index (χ3n) is 2.89. The third-order valence-corrected chi connectivity index (χ3v) is 3.38. The lowest BCUT2D eigenvalue weighted by atomic mass is 10.1. The Morgan fingerprint density at radius 2 is 1.86 bits per heavy atom. The molecule has 0 N–H and O–H groups in total. The van der Waals surface area contributed by atoms with Gasteiger partial charge in [0.2, 0.25) is 0 Å². The van der Waals surface area contributed by atoms with Crippen molar-refractivity contribution < 1.29 is 19.1 Å². The Balaban J connectivity index is 2.02. The van der Waals surface area contributed by atoms with Crippen LogP contribution in [0.2, 0.25) is 0 Å². The first-order valence-corrected chi connectivity index (χ1v) is 7.59. The lowest BCUT2D eigenvalue weighted by Crippen LogP contribution is -2.15. The van der Waals surface area contributed by atoms with Gasteiger partial charge in [0.1, 0.15) is 11.3 Å². The number of ketones is 1. The number of esters is 1. The minimum atomic E-state index is -0.576. The average Bonchev–Trinajstić information content (AvgIpc) is 2.53. The predicted octanol–water partition coefficient (Wildman–Crippen LogP) is 3.89. The van der Waals surface area contributed by atoms with Crippen LogP contribution in [-0.2, 0) is 4.74 Å². The molecule has 4 nitrogen and oxygen atoms in total. The molecule has 22 heavy (non-hydrogen) atoms. The first-order chi connectivity index (χ1) is 10.6. The number of ether oxygens (including phenoxy) is 2. The van der Waals surface area contributed by atoms with E-state index in [4.69, 9.17) is 9.47 Å². The molecule has 5 heteroatoms. The van der Waals surface area contributed by atoms with Crippen molar-refractivity contribution in [2.24, 2.45) is 0 Å². The van der Waals surface area contributed by atoms with E-state index < -0.39 is 5.97 Å². The molecule has 0 aliphatic carbocycles. The van der Waals surface area contributed by atoms with Crippen molar-refractivity contribution >= 4 is 27.7 Å². The minimum absolute atomic E-state index is 0.261. The van der Waals surface area contributed by atoms with Crippen molar-refractivity contribution in [3.8, 4) is 5.75 Å². The largest absolute Gasteiger partial charge is 0.493 e. The van der Waals surface area contributed by atoms with Crippen LogP contribution in [0.1, 0.15) is 27.6 Å². The van der Waals surface area contributed by atoms with E-state index in [0.29, 0.717) is 23.5 Å². The fourth-order valence-electron chi connectivity index (χ4n) is 1.87. The van der Waals surface area contributed by atoms with Crippen molar-refractivity contribution in [3.63, 3.8) is 0 Å². The van der Waals surface area contributed by atoms with Gasteiger partial charge in [0.15, 0.2) is 12.4 Å². The zero-order chi connectivity index (χ0) is 15.9. The number of carbonyl (C=O) groups is 2. The van der Waals surface area contributed by atoms with Gasteiger partial charge in [-0.1, -0.05) is 40.2 Å². The van der Waals surface area contributed by atoms with Crippen LogP contribution in [0.3, 0.4) is 0 Å². The molecule has 0 atom stereocenters. The second-order valence-corrected chi connectivity index (χ2v) is 5.35. The number of halogens is 1. The van der Waals surface area contributed by atoms with Crippen LogP contribution in [0.15, 0.2) is 53.0 Å². The average molecular weight is 363 g/mol. The summed E-state index contributed by atoms with van der Waals surface area (Å²) in [6.07, 6.45) is 0. The third kappa shape index (κ3) is 4.18. The Kier molecular flexibility index (Phi) is 5.72. The summed E-state index contributed by atoms with van der Waals surface area (Å²) in [6, 6.07) is 13.7. The molecule has 0 spiro atoms. The minimum Gasteiger partial charge on any atom is -0.493 e. The molecule has 0 aliphatic heterocycles. The van der Waals surface area contributed by atoms with Crippen molar-refractivity contribution in [1.29, 1.82) is 0 Å². The molecule has 2 aromatic carbocycles. The Morgan fingerprint density at radius 1 is 1.09 bits per heavy atom. The van der Waals surface area contributed by atoms with Gasteiger partial charge in [0.25, 0.3) is 0 Å². The predicted molar refractivity (Wildman–Crippen MR) is 86.4 cm³/mol. The van der Waals surface area contributed by atoms with E-state index in [9.17, 15) is 9.59 Å². The van der Waals surface area contributed by atoms with Gasteiger partial charge in [-0.25, -0.2) is 4.79 Å². The zero-order valence-electron chi connectivity index (χ0n) is 12.0. The number of hydrogen-bond acceptors (Lipinski definition) is 4. The molecular formula is C17H15BrO4. The zero-order valence-corrected chi connectivity index (χ0v) is 13.6. The highest BCUT2D eigenvalue weighted by atomic mass is 79.9. The number of benzene rings is 2. The molecule has 2 rings (SSSR count). The van der Waals surface area contributed by atoms with E-state index in [2.05, 4.69) is 15.9 Å². The highest BCUT2D eigenvalue weighted by Gasteiger charge is 2.15. The van der Waals surface area contributed by atoms with Gasteiger partial charge in [-0.05, 0) is 31.2 Å². The van der Waals surface area contributed by atoms with Crippen molar-refractivity contribution in [2.75, 3.05) is 13.2 Å². The molecule has 0 saturated heterocycles. The van der Waals surface area contributed by atoms with Gasteiger partial charge in [-0.15, -0.1) is 0 Å². The van der Waals surface area contributed by atoms with E-state index >= 15 is 0 Å². The molecule has 0 radical (unpaired) electrons. The Hall–Kier alpha value is -2.14. The molecule has 2 aromatic rings. The lowest BCUT2D eigenvalue weighted by molar-refractivity contribution is 0.0471. The van der Waals surface area contributed by atoms with Crippen LogP contribution in [-0.4, -0.2) is 25.0 Å². The normalized spacial score (nSPS) is 10.1. The second-order valence-electron chi connectivity index (χ2n) is 4.44. The van der Waals surface area contributed by atoms with Crippen LogP contribution in [0, 0.1) is 0 Å². The van der Waals surface area contributed by atoms with Crippen LogP contribution in [0.4, 0.5) is 0 Å². The van der Waals surface area contributed by atoms with E-state index in [-0.39, 0.29) is 12.4 Å². The first kappa shape index (κ1) is 16.2. The van der Waals surface area contributed by atoms with E-state index in [1.165, 1.54) is 0 Å². The standard InChI is InChI=1S/C17H15BrO4/c1-2-21-16-9-4-3-8-14(16)17(20)22-11-15(19)12-6-5-7-13(18)10-12/h3-10H,2,11H2,1H3. The maximum atomic E-state index is 12.1. The quantitative estimate of drug-likeness (QED) is 0.577. The topological polar surface area (TPSA) is 52.6 Å². The first-order valence-electron chi connectivity index (χ1n) is 6.79. The van der Waals surface area contributed by atoms with Crippen LogP contribution < -0.4 is 4.74 Å². The Labute approximate surface area is 137 Å². The Bertz CT molecular complexity index is 682. The van der Waals surface area contributed by atoms with Crippen molar-refractivity contribution in [3.05, 3.63) is 64.1 Å². The van der Waals surface area contributed by atoms with Gasteiger partial charge in [-0.3, -0.25) is 4.79 Å². The summed E-state index contributed by atoms with van der Waals surface area (Å²) in [5, 5.41) is 0. The number of rotatable bonds is 6. The van der Waals surface area contributed by atoms with E-state index in [1.807, 2.05) is 13.0 Å². The number of Topliss-reactive ketones (excluding diaryl/α,β-unsaturated/α-hetero) is 1. The summed E-state index contributed by atoms with van der Waals surface area (Å²) in [5.74, 6) is -0.388. The second kappa shape index (κ2) is 7.75. The van der Waals surface area contributed by atoms with Crippen molar-refractivity contribution in [1.82, 2.24) is 0 Å². The molecule has 0 heterocycles. The summed E-state index contributed by atoms with van der Waals surface area (Å²) in [6.45, 7) is 1.97. The van der Waals surface area contributed by atoms with Gasteiger partial charge >= 0.3 is 5.97 Å². The SMILES string of the molecule is CCOc1ccccc1C(=O)OCC(=O)c1cccc(Br)c1. The van der Waals surface area contributed by atoms with Gasteiger partial charge < -0.3 is 9.47 Å². The lowest BCUT2D eigenvalue weighted by Gasteiger charge is -2.09. The van der Waals surface area contributed by atoms with Crippen LogP contribution in [0.25, 0.3) is 0 Å². The van der Waals surface area contributed by atoms with Crippen LogP contribution in [0.5, 0.6) is 5.75 Å². The summed E-state index contributed by atoms with van der Waals surface area (Å²) in [7, 11) is 0. The monoisotopic (exact) mass is 362 g/mol. The summed E-state index contributed by atoms with van der Waals surface area (Å²) in [4.78, 5) is 24.1. The molecule has 0 bridgehead atoms. The maximum absolute atomic E-state index is 12.1. The smallest absolute Gasteiger partial charge is 0.342 e. The molecular weight excluding hydrogens is 348 g/mol. The van der Waals surface area contributed by atoms with Gasteiger partial charge in [-0.2, -0.15) is 0 Å². The van der Waals surface area contributed by atoms with Gasteiger partial charge in [0.05, 0.1) is 6.61 Å². The fourth-order valence-corrected chi connectivity index (χ4v) is 2.27. The summed E-state index contributed by atoms with van der Waals surface area (Å²) >= 11 is 3.30. The molecule has 0 aliphatic rings. The highest BCUT2D eigenvalue weighted by Crippen LogP contribution is 2.19. The molecule has 0 unspecified atom stereocenters. The van der Waals surface area contributed by atoms with E-state index in [0.717, 1.165) is 4.47 Å². The molecule has 0 amide bonds. The summed E-state index contributed by atoms with van der Waals surface area (Å²) < 4.78 is 11.3. The molecule has 114 valence electrons. The maximum Gasteiger partial charge on any atom is 0.342 e.